The lowest BCUT2D eigenvalue weighted by Crippen LogP contribution is -2.32. The molecule has 11 nitrogen and oxygen atoms in total. The maximum absolute atomic E-state index is 15.4. The van der Waals surface area contributed by atoms with E-state index in [2.05, 4.69) is 9.97 Å². The number of nitrogens with one attached hydrogen (secondary N) is 1. The van der Waals surface area contributed by atoms with E-state index in [4.69, 9.17) is 5.11 Å². The predicted molar refractivity (Wildman–Crippen MR) is 177 cm³/mol. The lowest BCUT2D eigenvalue weighted by molar-refractivity contribution is -0.137. The summed E-state index contributed by atoms with van der Waals surface area (Å²) < 4.78 is 57.3. The van der Waals surface area contributed by atoms with Gasteiger partial charge in [0, 0.05) is 73.4 Å². The molecule has 14 heteroatoms. The number of rotatable bonds is 11. The topological polar surface area (TPSA) is 146 Å². The summed E-state index contributed by atoms with van der Waals surface area (Å²) in [4.78, 5) is 48.3. The van der Waals surface area contributed by atoms with E-state index in [0.29, 0.717) is 58.2 Å². The van der Waals surface area contributed by atoms with Crippen LogP contribution in [0.5, 0.6) is 0 Å². The van der Waals surface area contributed by atoms with E-state index < -0.39 is 32.7 Å². The first-order valence-corrected chi connectivity index (χ1v) is 18.0. The first-order chi connectivity index (χ1) is 22.8. The van der Waals surface area contributed by atoms with E-state index in [-0.39, 0.29) is 48.8 Å². The molecular weight excluding hydrogens is 644 g/mol. The van der Waals surface area contributed by atoms with Crippen molar-refractivity contribution in [2.24, 2.45) is 7.05 Å². The monoisotopic (exact) mass is 681 g/mol. The number of aromatic amines is 1. The summed E-state index contributed by atoms with van der Waals surface area (Å²) in [5.74, 6) is -3.12. The number of fused-ring (bicyclic) bond motifs is 3. The molecule has 4 aromatic rings. The number of anilines is 2. The third-order valence-electron chi connectivity index (χ3n) is 9.32. The Morgan fingerprint density at radius 1 is 1.04 bits per heavy atom. The van der Waals surface area contributed by atoms with Crippen molar-refractivity contribution in [1.82, 2.24) is 19.4 Å². The van der Waals surface area contributed by atoms with Crippen molar-refractivity contribution in [3.63, 3.8) is 0 Å². The summed E-state index contributed by atoms with van der Waals surface area (Å²) in [7, 11) is -2.09. The number of carboxylic acids is 1. The van der Waals surface area contributed by atoms with Gasteiger partial charge in [0.2, 0.25) is 0 Å². The van der Waals surface area contributed by atoms with Crippen LogP contribution >= 0.6 is 0 Å². The highest BCUT2D eigenvalue weighted by Crippen LogP contribution is 2.47. The summed E-state index contributed by atoms with van der Waals surface area (Å²) in [6.07, 6.45) is 10.4. The highest BCUT2D eigenvalue weighted by Gasteiger charge is 2.37. The molecule has 0 aliphatic carbocycles. The van der Waals surface area contributed by atoms with Gasteiger partial charge in [0.05, 0.1) is 23.7 Å². The zero-order valence-electron chi connectivity index (χ0n) is 26.8. The number of carbonyl (C=O) groups is 2. The van der Waals surface area contributed by atoms with Crippen LogP contribution in [0.25, 0.3) is 22.0 Å². The number of halogens is 2. The molecular formula is C34H37F2N5O6S. The zero-order chi connectivity index (χ0) is 34.3. The van der Waals surface area contributed by atoms with Gasteiger partial charge in [-0.1, -0.05) is 25.7 Å². The van der Waals surface area contributed by atoms with E-state index in [1.54, 1.807) is 36.5 Å². The molecule has 2 N–H and O–H groups in total. The molecule has 6 rings (SSSR count). The third kappa shape index (κ3) is 6.32. The zero-order valence-corrected chi connectivity index (χ0v) is 27.6. The predicted octanol–water partition coefficient (Wildman–Crippen LogP) is 5.61. The number of aromatic nitrogens is 3. The Hall–Kier alpha value is -4.59. The SMILES string of the molecule is Cn1cc2c3c(c[nH]c3c1=O)CN(c1ncc(F)cc1F)c1cc3c(cc1-2)C(S(C)(=O)=O)CCN(CCCCCCCCC(=O)O)C3=O. The van der Waals surface area contributed by atoms with Crippen molar-refractivity contribution in [1.29, 1.82) is 0 Å². The first-order valence-electron chi connectivity index (χ1n) is 16.0. The quantitative estimate of drug-likeness (QED) is 0.195. The van der Waals surface area contributed by atoms with Crippen LogP contribution < -0.4 is 10.5 Å². The van der Waals surface area contributed by atoms with Crippen molar-refractivity contribution in [2.75, 3.05) is 24.2 Å². The van der Waals surface area contributed by atoms with Crippen molar-refractivity contribution in [3.05, 3.63) is 75.5 Å². The summed E-state index contributed by atoms with van der Waals surface area (Å²) in [5, 5.41) is 8.41. The normalized spacial score (nSPS) is 16.1. The molecule has 0 bridgehead atoms. The Bertz CT molecular complexity index is 2090. The second kappa shape index (κ2) is 13.1. The standard InChI is InChI=1S/C34H37F2N5O6S/c1-39-19-25-22-14-23-24(33(44)40(12-10-28(23)48(2,46)47)11-8-6-4-3-5-7-9-29(42)43)15-27(22)41(32-26(36)13-21(35)17-38-32)18-20-16-37-31(30(20)25)34(39)45/h13-17,19,28,37H,3-12,18H2,1-2H3,(H,42,43). The number of aliphatic carboxylic acids is 1. The van der Waals surface area contributed by atoms with Crippen LogP contribution in [-0.2, 0) is 28.2 Å². The molecule has 1 amide bonds. The molecule has 0 saturated carbocycles. The molecule has 254 valence electrons. The maximum Gasteiger partial charge on any atom is 0.303 e. The van der Waals surface area contributed by atoms with E-state index in [9.17, 15) is 27.2 Å². The number of sulfone groups is 1. The van der Waals surface area contributed by atoms with Crippen LogP contribution in [0.15, 0.2) is 41.6 Å². The average molecular weight is 682 g/mol. The van der Waals surface area contributed by atoms with Crippen molar-refractivity contribution >= 4 is 44.1 Å². The number of pyridine rings is 2. The third-order valence-corrected chi connectivity index (χ3v) is 10.8. The minimum atomic E-state index is -3.69. The number of hydrogen-bond donors (Lipinski definition) is 2. The molecule has 0 spiro atoms. The molecule has 2 aliphatic rings. The Kier molecular flexibility index (Phi) is 9.12. The Morgan fingerprint density at radius 3 is 2.48 bits per heavy atom. The largest absolute Gasteiger partial charge is 0.481 e. The highest BCUT2D eigenvalue weighted by molar-refractivity contribution is 7.90. The molecule has 5 heterocycles. The van der Waals surface area contributed by atoms with Crippen LogP contribution in [-0.4, -0.2) is 64.2 Å². The molecule has 1 aromatic carbocycles. The number of nitrogens with zero attached hydrogens (tertiary/aromatic N) is 4. The second-order valence-corrected chi connectivity index (χ2v) is 14.9. The fraction of sp³-hybridized carbons (Fsp3) is 0.412. The minimum Gasteiger partial charge on any atom is -0.481 e. The van der Waals surface area contributed by atoms with Crippen LogP contribution in [0.2, 0.25) is 0 Å². The van der Waals surface area contributed by atoms with Gasteiger partial charge < -0.3 is 24.5 Å². The average Bonchev–Trinajstić information content (AvgIpc) is 3.32. The lowest BCUT2D eigenvalue weighted by Gasteiger charge is -2.27. The van der Waals surface area contributed by atoms with Crippen molar-refractivity contribution in [2.45, 2.75) is 63.2 Å². The van der Waals surface area contributed by atoms with Gasteiger partial charge >= 0.3 is 5.97 Å². The minimum absolute atomic E-state index is 0.0291. The van der Waals surface area contributed by atoms with Gasteiger partial charge in [-0.05, 0) is 42.5 Å². The van der Waals surface area contributed by atoms with Gasteiger partial charge in [-0.2, -0.15) is 0 Å². The van der Waals surface area contributed by atoms with Gasteiger partial charge in [0.25, 0.3) is 11.5 Å². The number of carboxylic acid groups (broad SMARTS) is 1. The summed E-state index contributed by atoms with van der Waals surface area (Å²) in [6.45, 7) is 0.658. The van der Waals surface area contributed by atoms with Crippen LogP contribution in [0, 0.1) is 11.6 Å². The highest BCUT2D eigenvalue weighted by atomic mass is 32.2. The van der Waals surface area contributed by atoms with Crippen molar-refractivity contribution in [3.8, 4) is 11.1 Å². The number of amides is 1. The summed E-state index contributed by atoms with van der Waals surface area (Å²) in [5.41, 5.74) is 2.64. The fourth-order valence-electron chi connectivity index (χ4n) is 6.95. The van der Waals surface area contributed by atoms with E-state index in [0.717, 1.165) is 44.2 Å². The lowest BCUT2D eigenvalue weighted by atomic mass is 9.93. The second-order valence-electron chi connectivity index (χ2n) is 12.7. The van der Waals surface area contributed by atoms with E-state index in [1.165, 1.54) is 9.47 Å². The van der Waals surface area contributed by atoms with Crippen molar-refractivity contribution < 1.29 is 31.9 Å². The molecule has 0 radical (unpaired) electrons. The molecule has 2 aliphatic heterocycles. The van der Waals surface area contributed by atoms with E-state index in [1.807, 2.05) is 0 Å². The number of benzene rings is 1. The number of hydrogen-bond acceptors (Lipinski definition) is 7. The van der Waals surface area contributed by atoms with Gasteiger partial charge in [0.15, 0.2) is 21.5 Å². The number of H-pyrrole nitrogens is 1. The Balaban J connectivity index is 1.44. The van der Waals surface area contributed by atoms with E-state index >= 15 is 4.39 Å². The summed E-state index contributed by atoms with van der Waals surface area (Å²) in [6, 6.07) is 3.98. The van der Waals surface area contributed by atoms with Crippen LogP contribution in [0.3, 0.4) is 0 Å². The Morgan fingerprint density at radius 2 is 1.77 bits per heavy atom. The Labute approximate surface area is 276 Å². The molecule has 1 atom stereocenters. The molecule has 3 aromatic heterocycles. The van der Waals surface area contributed by atoms with Crippen LogP contribution in [0.1, 0.15) is 78.1 Å². The van der Waals surface area contributed by atoms with Gasteiger partial charge in [-0.25, -0.2) is 22.2 Å². The summed E-state index contributed by atoms with van der Waals surface area (Å²) >= 11 is 0. The van der Waals surface area contributed by atoms with Crippen LogP contribution in [0.4, 0.5) is 20.3 Å². The maximum atomic E-state index is 15.4. The number of aryl methyl sites for hydroxylation is 1. The molecule has 1 unspecified atom stereocenters. The van der Waals surface area contributed by atoms with Gasteiger partial charge in [-0.3, -0.25) is 14.4 Å². The number of carbonyl (C=O) groups excluding carboxylic acids is 1. The molecule has 0 fully saturated rings. The smallest absolute Gasteiger partial charge is 0.303 e. The molecule has 48 heavy (non-hydrogen) atoms. The first kappa shape index (κ1) is 33.3. The fourth-order valence-corrected chi connectivity index (χ4v) is 8.14. The van der Waals surface area contributed by atoms with Gasteiger partial charge in [-0.15, -0.1) is 0 Å². The number of unbranched alkanes of at least 4 members (excludes halogenated alkanes) is 5. The van der Waals surface area contributed by atoms with Gasteiger partial charge in [0.1, 0.15) is 11.3 Å². The molecule has 0 saturated heterocycles.